The number of rotatable bonds is 1. The molecular formula is C12H16FN. The van der Waals surface area contributed by atoms with Crippen LogP contribution in [-0.4, -0.2) is 6.54 Å². The molecule has 1 nitrogen and oxygen atoms in total. The van der Waals surface area contributed by atoms with Crippen LogP contribution in [0, 0.1) is 12.7 Å². The molecule has 1 heterocycles. The van der Waals surface area contributed by atoms with Crippen molar-refractivity contribution in [3.8, 4) is 0 Å². The van der Waals surface area contributed by atoms with Crippen LogP contribution in [0.15, 0.2) is 12.1 Å². The van der Waals surface area contributed by atoms with Crippen molar-refractivity contribution < 1.29 is 4.39 Å². The zero-order chi connectivity index (χ0) is 10.3. The summed E-state index contributed by atoms with van der Waals surface area (Å²) in [4.78, 5) is 0. The van der Waals surface area contributed by atoms with Crippen molar-refractivity contribution in [3.63, 3.8) is 0 Å². The smallest absolute Gasteiger partial charge is 0.129 e. The van der Waals surface area contributed by atoms with Crippen LogP contribution >= 0.6 is 0 Å². The first-order chi connectivity index (χ1) is 6.58. The first-order valence-electron chi connectivity index (χ1n) is 5.12. The van der Waals surface area contributed by atoms with Crippen LogP contribution in [0.2, 0.25) is 0 Å². The molecule has 1 aliphatic heterocycles. The van der Waals surface area contributed by atoms with Crippen LogP contribution in [0.4, 0.5) is 10.1 Å². The van der Waals surface area contributed by atoms with E-state index in [0.717, 1.165) is 29.8 Å². The highest BCUT2D eigenvalue weighted by Crippen LogP contribution is 2.42. The minimum atomic E-state index is -0.0695. The molecule has 1 aliphatic rings. The van der Waals surface area contributed by atoms with Gasteiger partial charge in [0.1, 0.15) is 5.82 Å². The topological polar surface area (TPSA) is 12.0 Å². The van der Waals surface area contributed by atoms with Gasteiger partial charge in [-0.2, -0.15) is 0 Å². The van der Waals surface area contributed by atoms with Gasteiger partial charge in [-0.3, -0.25) is 0 Å². The lowest BCUT2D eigenvalue weighted by atomic mass is 9.81. The van der Waals surface area contributed by atoms with Gasteiger partial charge in [-0.15, -0.1) is 0 Å². The number of hydrogen-bond acceptors (Lipinski definition) is 1. The van der Waals surface area contributed by atoms with Crippen molar-refractivity contribution in [3.05, 3.63) is 29.1 Å². The molecule has 2 rings (SSSR count). The maximum Gasteiger partial charge on any atom is 0.129 e. The zero-order valence-corrected chi connectivity index (χ0v) is 8.95. The molecule has 0 spiro atoms. The monoisotopic (exact) mass is 193 g/mol. The van der Waals surface area contributed by atoms with Gasteiger partial charge < -0.3 is 5.32 Å². The number of nitrogens with one attached hydrogen (secondary N) is 1. The molecule has 0 aliphatic carbocycles. The fourth-order valence-electron chi connectivity index (χ4n) is 2.17. The Morgan fingerprint density at radius 2 is 2.21 bits per heavy atom. The van der Waals surface area contributed by atoms with Gasteiger partial charge in [0.05, 0.1) is 0 Å². The molecule has 14 heavy (non-hydrogen) atoms. The van der Waals surface area contributed by atoms with E-state index in [2.05, 4.69) is 19.2 Å². The van der Waals surface area contributed by atoms with E-state index in [1.807, 2.05) is 13.0 Å². The summed E-state index contributed by atoms with van der Waals surface area (Å²) in [5.74, 6) is -0.0695. The van der Waals surface area contributed by atoms with Gasteiger partial charge in [0.15, 0.2) is 0 Å². The standard InChI is InChI=1S/C12H16FN/c1-4-12(3)7-14-11-8(2)5-6-9(13)10(11)12/h5-6,14H,4,7H2,1-3H3. The number of aryl methyl sites for hydroxylation is 1. The van der Waals surface area contributed by atoms with E-state index in [1.165, 1.54) is 0 Å². The van der Waals surface area contributed by atoms with Crippen LogP contribution in [0.3, 0.4) is 0 Å². The fourth-order valence-corrected chi connectivity index (χ4v) is 2.17. The lowest BCUT2D eigenvalue weighted by Crippen LogP contribution is -2.23. The van der Waals surface area contributed by atoms with E-state index in [0.29, 0.717) is 0 Å². The Hall–Kier alpha value is -1.05. The molecule has 0 amide bonds. The van der Waals surface area contributed by atoms with Crippen molar-refractivity contribution in [2.45, 2.75) is 32.6 Å². The van der Waals surface area contributed by atoms with Crippen molar-refractivity contribution in [1.82, 2.24) is 0 Å². The predicted octanol–water partition coefficient (Wildman–Crippen LogP) is 3.23. The van der Waals surface area contributed by atoms with Crippen LogP contribution in [0.25, 0.3) is 0 Å². The highest BCUT2D eigenvalue weighted by atomic mass is 19.1. The average molecular weight is 193 g/mol. The molecule has 1 aromatic rings. The molecule has 1 N–H and O–H groups in total. The zero-order valence-electron chi connectivity index (χ0n) is 8.95. The van der Waals surface area contributed by atoms with Crippen LogP contribution in [0.5, 0.6) is 0 Å². The minimum Gasteiger partial charge on any atom is -0.384 e. The van der Waals surface area contributed by atoms with Crippen LogP contribution < -0.4 is 5.32 Å². The lowest BCUT2D eigenvalue weighted by Gasteiger charge is -2.22. The molecule has 1 unspecified atom stereocenters. The summed E-state index contributed by atoms with van der Waals surface area (Å²) in [6, 6.07) is 3.41. The Morgan fingerprint density at radius 3 is 2.86 bits per heavy atom. The first-order valence-corrected chi connectivity index (χ1v) is 5.12. The lowest BCUT2D eigenvalue weighted by molar-refractivity contribution is 0.472. The largest absolute Gasteiger partial charge is 0.384 e. The van der Waals surface area contributed by atoms with E-state index in [4.69, 9.17) is 0 Å². The number of hydrogen-bond donors (Lipinski definition) is 1. The minimum absolute atomic E-state index is 0.0363. The van der Waals surface area contributed by atoms with Gasteiger partial charge in [0.2, 0.25) is 0 Å². The first kappa shape index (κ1) is 9.50. The van der Waals surface area contributed by atoms with E-state index < -0.39 is 0 Å². The Bertz CT molecular complexity index is 373. The van der Waals surface area contributed by atoms with Crippen LogP contribution in [-0.2, 0) is 5.41 Å². The Kier molecular flexibility index (Phi) is 2.02. The summed E-state index contributed by atoms with van der Waals surface area (Å²) in [6.45, 7) is 7.10. The van der Waals surface area contributed by atoms with Gasteiger partial charge in [-0.05, 0) is 25.0 Å². The number of halogens is 1. The molecule has 0 fully saturated rings. The quantitative estimate of drug-likeness (QED) is 0.722. The van der Waals surface area contributed by atoms with Crippen molar-refractivity contribution >= 4 is 5.69 Å². The molecule has 0 saturated heterocycles. The average Bonchev–Trinajstić information content (AvgIpc) is 2.53. The Balaban J connectivity index is 2.64. The number of anilines is 1. The molecule has 1 atom stereocenters. The van der Waals surface area contributed by atoms with E-state index >= 15 is 0 Å². The van der Waals surface area contributed by atoms with Crippen molar-refractivity contribution in [1.29, 1.82) is 0 Å². The summed E-state index contributed by atoms with van der Waals surface area (Å²) in [5.41, 5.74) is 2.98. The number of fused-ring (bicyclic) bond motifs is 1. The molecule has 1 aromatic carbocycles. The normalized spacial score (nSPS) is 24.6. The summed E-state index contributed by atoms with van der Waals surface area (Å²) in [6.07, 6.45) is 0.966. The molecular weight excluding hydrogens is 177 g/mol. The van der Waals surface area contributed by atoms with E-state index in [1.54, 1.807) is 6.07 Å². The molecule has 2 heteroatoms. The summed E-state index contributed by atoms with van der Waals surface area (Å²) >= 11 is 0. The fraction of sp³-hybridized carbons (Fsp3) is 0.500. The summed E-state index contributed by atoms with van der Waals surface area (Å²) in [7, 11) is 0. The summed E-state index contributed by atoms with van der Waals surface area (Å²) < 4.78 is 13.7. The van der Waals surface area contributed by atoms with Gasteiger partial charge >= 0.3 is 0 Å². The second kappa shape index (κ2) is 2.97. The highest BCUT2D eigenvalue weighted by molar-refractivity contribution is 5.65. The van der Waals surface area contributed by atoms with Gasteiger partial charge in [0.25, 0.3) is 0 Å². The Morgan fingerprint density at radius 1 is 1.50 bits per heavy atom. The van der Waals surface area contributed by atoms with E-state index in [9.17, 15) is 4.39 Å². The third-order valence-corrected chi connectivity index (χ3v) is 3.40. The molecule has 0 bridgehead atoms. The van der Waals surface area contributed by atoms with Crippen LogP contribution in [0.1, 0.15) is 31.4 Å². The van der Waals surface area contributed by atoms with Gasteiger partial charge in [-0.1, -0.05) is 19.9 Å². The maximum atomic E-state index is 13.7. The van der Waals surface area contributed by atoms with E-state index in [-0.39, 0.29) is 11.2 Å². The third-order valence-electron chi connectivity index (χ3n) is 3.40. The highest BCUT2D eigenvalue weighted by Gasteiger charge is 2.36. The molecule has 0 aromatic heterocycles. The third kappa shape index (κ3) is 1.13. The molecule has 0 saturated carbocycles. The SMILES string of the molecule is CCC1(C)CNc2c(C)ccc(F)c21. The Labute approximate surface area is 84.3 Å². The maximum absolute atomic E-state index is 13.7. The molecule has 76 valence electrons. The second-order valence-corrected chi connectivity index (χ2v) is 4.38. The number of benzene rings is 1. The second-order valence-electron chi connectivity index (χ2n) is 4.38. The van der Waals surface area contributed by atoms with Gasteiger partial charge in [-0.25, -0.2) is 4.39 Å². The predicted molar refractivity (Wildman–Crippen MR) is 57.3 cm³/mol. The summed E-state index contributed by atoms with van der Waals surface area (Å²) in [5, 5.41) is 3.31. The van der Waals surface area contributed by atoms with Crippen molar-refractivity contribution in [2.75, 3.05) is 11.9 Å². The van der Waals surface area contributed by atoms with Crippen molar-refractivity contribution in [2.24, 2.45) is 0 Å². The van der Waals surface area contributed by atoms with Gasteiger partial charge in [0, 0.05) is 23.2 Å². The molecule has 0 radical (unpaired) electrons.